The number of methoxy groups -OCH3 is 1. The molecule has 26 heavy (non-hydrogen) atoms. The van der Waals surface area contributed by atoms with Crippen molar-refractivity contribution in [3.05, 3.63) is 63.3 Å². The topological polar surface area (TPSA) is 57.1 Å². The lowest BCUT2D eigenvalue weighted by Gasteiger charge is -2.11. The third-order valence-corrected chi connectivity index (χ3v) is 4.05. The highest BCUT2D eigenvalue weighted by Gasteiger charge is 2.24. The van der Waals surface area contributed by atoms with E-state index >= 15 is 0 Å². The molecule has 3 rings (SSSR count). The SMILES string of the molecule is CCOc1c(Cl)cc(C=C2N=C(c3cccc(Cl)c3)OC2=O)cc1OC. The second-order valence-corrected chi connectivity index (χ2v) is 6.16. The van der Waals surface area contributed by atoms with E-state index in [2.05, 4.69) is 4.99 Å². The zero-order valence-electron chi connectivity index (χ0n) is 14.1. The Bertz CT molecular complexity index is 922. The van der Waals surface area contributed by atoms with E-state index in [4.69, 9.17) is 37.4 Å². The molecule has 5 nitrogen and oxygen atoms in total. The van der Waals surface area contributed by atoms with Crippen LogP contribution in [-0.2, 0) is 9.53 Å². The standard InChI is InChI=1S/C19H15Cl2NO4/c1-3-25-17-14(21)7-11(9-16(17)24-2)8-15-19(23)26-18(22-15)12-5-4-6-13(20)10-12/h4-10H,3H2,1-2H3. The van der Waals surface area contributed by atoms with Crippen molar-refractivity contribution >= 4 is 41.1 Å². The summed E-state index contributed by atoms with van der Waals surface area (Å²) in [6.45, 7) is 2.31. The minimum Gasteiger partial charge on any atom is -0.493 e. The molecule has 1 aliphatic heterocycles. The molecule has 2 aromatic carbocycles. The molecular weight excluding hydrogens is 377 g/mol. The molecule has 0 atom stereocenters. The van der Waals surface area contributed by atoms with Gasteiger partial charge in [0.15, 0.2) is 17.2 Å². The Labute approximate surface area is 160 Å². The van der Waals surface area contributed by atoms with Gasteiger partial charge in [-0.2, -0.15) is 0 Å². The highest BCUT2D eigenvalue weighted by atomic mass is 35.5. The second-order valence-electron chi connectivity index (χ2n) is 5.31. The van der Waals surface area contributed by atoms with E-state index in [1.54, 1.807) is 42.5 Å². The van der Waals surface area contributed by atoms with Crippen molar-refractivity contribution in [1.29, 1.82) is 0 Å². The van der Waals surface area contributed by atoms with E-state index in [-0.39, 0.29) is 11.6 Å². The number of cyclic esters (lactones) is 1. The molecule has 134 valence electrons. The Morgan fingerprint density at radius 2 is 2.04 bits per heavy atom. The van der Waals surface area contributed by atoms with Gasteiger partial charge in [0, 0.05) is 10.6 Å². The summed E-state index contributed by atoms with van der Waals surface area (Å²) in [6.07, 6.45) is 1.57. The Morgan fingerprint density at radius 3 is 2.73 bits per heavy atom. The molecule has 2 aromatic rings. The first-order valence-electron chi connectivity index (χ1n) is 7.80. The average Bonchev–Trinajstić information content (AvgIpc) is 2.98. The van der Waals surface area contributed by atoms with E-state index in [0.29, 0.717) is 39.3 Å². The van der Waals surface area contributed by atoms with Crippen LogP contribution in [0.4, 0.5) is 0 Å². The molecule has 0 fully saturated rings. The van der Waals surface area contributed by atoms with Gasteiger partial charge in [0.2, 0.25) is 5.90 Å². The summed E-state index contributed by atoms with van der Waals surface area (Å²) in [5, 5.41) is 0.908. The number of hydrogen-bond donors (Lipinski definition) is 0. The molecule has 0 saturated heterocycles. The predicted octanol–water partition coefficient (Wildman–Crippen LogP) is 4.75. The van der Waals surface area contributed by atoms with Gasteiger partial charge < -0.3 is 14.2 Å². The van der Waals surface area contributed by atoms with Crippen molar-refractivity contribution in [3.63, 3.8) is 0 Å². The van der Waals surface area contributed by atoms with Crippen LogP contribution in [0.1, 0.15) is 18.1 Å². The lowest BCUT2D eigenvalue weighted by Crippen LogP contribution is -2.05. The van der Waals surface area contributed by atoms with E-state index in [0.717, 1.165) is 0 Å². The minimum atomic E-state index is -0.552. The molecule has 1 heterocycles. The molecule has 0 aromatic heterocycles. The molecule has 1 aliphatic rings. The first-order valence-corrected chi connectivity index (χ1v) is 8.56. The fraction of sp³-hybridized carbons (Fsp3) is 0.158. The van der Waals surface area contributed by atoms with Crippen molar-refractivity contribution in [2.75, 3.05) is 13.7 Å². The molecule has 0 unspecified atom stereocenters. The van der Waals surface area contributed by atoms with Crippen LogP contribution in [0.15, 0.2) is 47.1 Å². The Hall–Kier alpha value is -2.50. The maximum Gasteiger partial charge on any atom is 0.363 e. The number of ether oxygens (including phenoxy) is 3. The van der Waals surface area contributed by atoms with Crippen molar-refractivity contribution in [1.82, 2.24) is 0 Å². The van der Waals surface area contributed by atoms with Crippen LogP contribution in [0.5, 0.6) is 11.5 Å². The summed E-state index contributed by atoms with van der Waals surface area (Å²) >= 11 is 12.2. The summed E-state index contributed by atoms with van der Waals surface area (Å²) in [5.41, 5.74) is 1.41. The summed E-state index contributed by atoms with van der Waals surface area (Å²) in [7, 11) is 1.52. The molecule has 0 radical (unpaired) electrons. The summed E-state index contributed by atoms with van der Waals surface area (Å²) in [4.78, 5) is 16.4. The zero-order valence-corrected chi connectivity index (χ0v) is 15.6. The number of carbonyl (C=O) groups is 1. The van der Waals surface area contributed by atoms with Crippen LogP contribution in [-0.4, -0.2) is 25.6 Å². The lowest BCUT2D eigenvalue weighted by atomic mass is 10.1. The number of aliphatic imine (C=N–C) groups is 1. The molecule has 7 heteroatoms. The Balaban J connectivity index is 1.97. The van der Waals surface area contributed by atoms with Crippen LogP contribution >= 0.6 is 23.2 Å². The van der Waals surface area contributed by atoms with Crippen molar-refractivity contribution in [2.45, 2.75) is 6.92 Å². The maximum atomic E-state index is 12.1. The summed E-state index contributed by atoms with van der Waals surface area (Å²) in [5.74, 6) is 0.573. The van der Waals surface area contributed by atoms with Gasteiger partial charge in [-0.1, -0.05) is 29.3 Å². The van der Waals surface area contributed by atoms with Crippen LogP contribution in [0.3, 0.4) is 0 Å². The van der Waals surface area contributed by atoms with E-state index in [9.17, 15) is 4.79 Å². The van der Waals surface area contributed by atoms with Gasteiger partial charge in [-0.15, -0.1) is 0 Å². The van der Waals surface area contributed by atoms with Crippen LogP contribution in [0.25, 0.3) is 6.08 Å². The largest absolute Gasteiger partial charge is 0.493 e. The number of rotatable bonds is 5. The first-order chi connectivity index (χ1) is 12.5. The molecule has 0 bridgehead atoms. The third kappa shape index (κ3) is 3.84. The number of carbonyl (C=O) groups excluding carboxylic acids is 1. The molecule has 0 saturated carbocycles. The van der Waals surface area contributed by atoms with Crippen molar-refractivity contribution in [2.24, 2.45) is 4.99 Å². The van der Waals surface area contributed by atoms with Gasteiger partial charge in [0.05, 0.1) is 18.7 Å². The number of nitrogens with zero attached hydrogens (tertiary/aromatic N) is 1. The highest BCUT2D eigenvalue weighted by molar-refractivity contribution is 6.32. The lowest BCUT2D eigenvalue weighted by molar-refractivity contribution is -0.129. The van der Waals surface area contributed by atoms with Gasteiger partial charge >= 0.3 is 5.97 Å². The van der Waals surface area contributed by atoms with Crippen molar-refractivity contribution < 1.29 is 19.0 Å². The fourth-order valence-corrected chi connectivity index (χ4v) is 2.88. The van der Waals surface area contributed by atoms with E-state index < -0.39 is 5.97 Å². The number of benzene rings is 2. The fourth-order valence-electron chi connectivity index (χ4n) is 2.42. The third-order valence-electron chi connectivity index (χ3n) is 3.54. The van der Waals surface area contributed by atoms with Crippen LogP contribution < -0.4 is 9.47 Å². The number of esters is 1. The zero-order chi connectivity index (χ0) is 18.7. The monoisotopic (exact) mass is 391 g/mol. The Kier molecular flexibility index (Phi) is 5.49. The van der Waals surface area contributed by atoms with Crippen LogP contribution in [0, 0.1) is 0 Å². The number of halogens is 2. The van der Waals surface area contributed by atoms with E-state index in [1.165, 1.54) is 7.11 Å². The average molecular weight is 392 g/mol. The maximum absolute atomic E-state index is 12.1. The molecule has 0 amide bonds. The Morgan fingerprint density at radius 1 is 1.23 bits per heavy atom. The first kappa shape index (κ1) is 18.3. The summed E-state index contributed by atoms with van der Waals surface area (Å²) in [6, 6.07) is 10.3. The highest BCUT2D eigenvalue weighted by Crippen LogP contribution is 2.37. The molecule has 0 spiro atoms. The van der Waals surface area contributed by atoms with Gasteiger partial charge in [-0.3, -0.25) is 0 Å². The molecule has 0 aliphatic carbocycles. The predicted molar refractivity (Wildman–Crippen MR) is 101 cm³/mol. The van der Waals surface area contributed by atoms with Gasteiger partial charge in [-0.25, -0.2) is 9.79 Å². The van der Waals surface area contributed by atoms with Gasteiger partial charge in [0.1, 0.15) is 0 Å². The molecule has 0 N–H and O–H groups in total. The summed E-state index contributed by atoms with van der Waals surface area (Å²) < 4.78 is 16.0. The smallest absolute Gasteiger partial charge is 0.363 e. The minimum absolute atomic E-state index is 0.155. The van der Waals surface area contributed by atoms with E-state index in [1.807, 2.05) is 6.92 Å². The second kappa shape index (κ2) is 7.81. The van der Waals surface area contributed by atoms with Gasteiger partial charge in [-0.05, 0) is 48.9 Å². The molecular formula is C19H15Cl2NO4. The quantitative estimate of drug-likeness (QED) is 0.545. The van der Waals surface area contributed by atoms with Crippen molar-refractivity contribution in [3.8, 4) is 11.5 Å². The normalized spacial score (nSPS) is 15.0. The number of hydrogen-bond acceptors (Lipinski definition) is 5. The van der Waals surface area contributed by atoms with Gasteiger partial charge in [0.25, 0.3) is 0 Å². The van der Waals surface area contributed by atoms with Crippen LogP contribution in [0.2, 0.25) is 10.0 Å².